The molecule has 0 aliphatic heterocycles. The average molecular weight is 258 g/mol. The highest BCUT2D eigenvalue weighted by atomic mass is 16.3. The molecular weight excluding hydrogens is 228 g/mol. The summed E-state index contributed by atoms with van der Waals surface area (Å²) < 4.78 is 0. The predicted molar refractivity (Wildman–Crippen MR) is 75.5 cm³/mol. The third-order valence-corrected chi connectivity index (χ3v) is 3.88. The van der Waals surface area contributed by atoms with Gasteiger partial charge in [0.25, 0.3) is 0 Å². The van der Waals surface area contributed by atoms with Gasteiger partial charge in [-0.05, 0) is 26.2 Å². The van der Waals surface area contributed by atoms with Crippen LogP contribution in [0.25, 0.3) is 0 Å². The molecule has 108 valence electrons. The van der Waals surface area contributed by atoms with Crippen molar-refractivity contribution in [3.8, 4) is 0 Å². The van der Waals surface area contributed by atoms with E-state index in [1.54, 1.807) is 0 Å². The Balaban J connectivity index is 3.81. The summed E-state index contributed by atoms with van der Waals surface area (Å²) in [5.74, 6) is 0.0967. The molecule has 0 aliphatic carbocycles. The number of rotatable bonds is 10. The molecule has 4 nitrogen and oxygen atoms in total. The Bertz CT molecular complexity index is 220. The molecule has 0 aliphatic rings. The second-order valence-corrected chi connectivity index (χ2v) is 5.17. The van der Waals surface area contributed by atoms with E-state index >= 15 is 0 Å². The van der Waals surface area contributed by atoms with E-state index in [0.717, 1.165) is 25.8 Å². The first-order chi connectivity index (χ1) is 8.53. The summed E-state index contributed by atoms with van der Waals surface area (Å²) in [7, 11) is 0. The zero-order valence-corrected chi connectivity index (χ0v) is 12.4. The first-order valence-corrected chi connectivity index (χ1v) is 7.14. The Morgan fingerprint density at radius 2 is 1.89 bits per heavy atom. The van der Waals surface area contributed by atoms with E-state index in [2.05, 4.69) is 31.4 Å². The van der Waals surface area contributed by atoms with Crippen molar-refractivity contribution in [1.29, 1.82) is 0 Å². The van der Waals surface area contributed by atoms with E-state index in [4.69, 9.17) is 0 Å². The zero-order valence-electron chi connectivity index (χ0n) is 12.4. The molecule has 0 saturated heterocycles. The third kappa shape index (κ3) is 6.36. The number of nitrogens with one attached hydrogen (secondary N) is 2. The van der Waals surface area contributed by atoms with E-state index in [-0.39, 0.29) is 24.0 Å². The van der Waals surface area contributed by atoms with Gasteiger partial charge in [-0.25, -0.2) is 0 Å². The van der Waals surface area contributed by atoms with Crippen molar-refractivity contribution in [3.63, 3.8) is 0 Å². The molecule has 4 heteroatoms. The first kappa shape index (κ1) is 17.4. The normalized spacial score (nSPS) is 13.4. The molecule has 0 rings (SSSR count). The lowest BCUT2D eigenvalue weighted by Gasteiger charge is -2.29. The third-order valence-electron chi connectivity index (χ3n) is 3.88. The average Bonchev–Trinajstić information content (AvgIpc) is 2.39. The van der Waals surface area contributed by atoms with Crippen molar-refractivity contribution < 1.29 is 9.90 Å². The lowest BCUT2D eigenvalue weighted by atomic mass is 9.83. The van der Waals surface area contributed by atoms with Crippen LogP contribution in [0.15, 0.2) is 0 Å². The molecule has 3 N–H and O–H groups in total. The summed E-state index contributed by atoms with van der Waals surface area (Å²) in [6.45, 7) is 9.90. The minimum atomic E-state index is -0.0345. The van der Waals surface area contributed by atoms with Gasteiger partial charge in [0.2, 0.25) is 5.91 Å². The molecule has 18 heavy (non-hydrogen) atoms. The second kappa shape index (κ2) is 9.34. The number of amides is 1. The van der Waals surface area contributed by atoms with Gasteiger partial charge in [0.05, 0.1) is 0 Å². The number of aliphatic hydroxyl groups excluding tert-OH is 1. The van der Waals surface area contributed by atoms with Crippen molar-refractivity contribution in [1.82, 2.24) is 10.6 Å². The van der Waals surface area contributed by atoms with Crippen molar-refractivity contribution >= 4 is 5.91 Å². The summed E-state index contributed by atoms with van der Waals surface area (Å²) in [5, 5.41) is 15.6. The van der Waals surface area contributed by atoms with Crippen LogP contribution in [-0.2, 0) is 4.79 Å². The number of carbonyl (C=O) groups excluding carboxylic acids is 1. The van der Waals surface area contributed by atoms with Crippen molar-refractivity contribution in [2.75, 3.05) is 19.7 Å². The topological polar surface area (TPSA) is 61.4 Å². The molecule has 0 spiro atoms. The van der Waals surface area contributed by atoms with Gasteiger partial charge in [0.1, 0.15) is 0 Å². The fraction of sp³-hybridized carbons (Fsp3) is 0.929. The Morgan fingerprint density at radius 3 is 2.33 bits per heavy atom. The van der Waals surface area contributed by atoms with Crippen LogP contribution in [0.5, 0.6) is 0 Å². The van der Waals surface area contributed by atoms with Gasteiger partial charge in [0, 0.05) is 37.6 Å². The van der Waals surface area contributed by atoms with Crippen LogP contribution in [0.3, 0.4) is 0 Å². The molecule has 1 atom stereocenters. The van der Waals surface area contributed by atoms with E-state index in [1.807, 2.05) is 6.92 Å². The van der Waals surface area contributed by atoms with Crippen molar-refractivity contribution in [2.45, 2.75) is 59.4 Å². The van der Waals surface area contributed by atoms with E-state index < -0.39 is 0 Å². The van der Waals surface area contributed by atoms with Gasteiger partial charge in [-0.1, -0.05) is 20.8 Å². The number of hydrogen-bond acceptors (Lipinski definition) is 3. The Labute approximate surface area is 112 Å². The van der Waals surface area contributed by atoms with E-state index in [1.165, 1.54) is 0 Å². The fourth-order valence-corrected chi connectivity index (χ4v) is 1.78. The Hall–Kier alpha value is -0.610. The molecule has 0 aromatic rings. The number of hydrogen-bond donors (Lipinski definition) is 3. The number of carbonyl (C=O) groups is 1. The van der Waals surface area contributed by atoms with E-state index in [9.17, 15) is 9.90 Å². The molecule has 1 amide bonds. The molecule has 0 heterocycles. The molecule has 0 aromatic carbocycles. The van der Waals surface area contributed by atoms with Gasteiger partial charge in [-0.15, -0.1) is 0 Å². The first-order valence-electron chi connectivity index (χ1n) is 7.14. The minimum Gasteiger partial charge on any atom is -0.396 e. The monoisotopic (exact) mass is 258 g/mol. The van der Waals surface area contributed by atoms with Gasteiger partial charge in [-0.3, -0.25) is 4.79 Å². The van der Waals surface area contributed by atoms with Crippen LogP contribution in [0.2, 0.25) is 0 Å². The second-order valence-electron chi connectivity index (χ2n) is 5.17. The van der Waals surface area contributed by atoms with Gasteiger partial charge >= 0.3 is 0 Å². The highest BCUT2D eigenvalue weighted by molar-refractivity contribution is 5.76. The van der Waals surface area contributed by atoms with Crippen molar-refractivity contribution in [3.05, 3.63) is 0 Å². The lowest BCUT2D eigenvalue weighted by Crippen LogP contribution is -2.39. The number of aliphatic hydroxyl groups is 1. The van der Waals surface area contributed by atoms with Gasteiger partial charge in [-0.2, -0.15) is 0 Å². The minimum absolute atomic E-state index is 0.0345. The van der Waals surface area contributed by atoms with Crippen LogP contribution >= 0.6 is 0 Å². The van der Waals surface area contributed by atoms with Gasteiger partial charge in [0.15, 0.2) is 0 Å². The van der Waals surface area contributed by atoms with Crippen LogP contribution < -0.4 is 10.6 Å². The summed E-state index contributed by atoms with van der Waals surface area (Å²) in [5.41, 5.74) is -0.0345. The molecule has 0 aromatic heterocycles. The van der Waals surface area contributed by atoms with Crippen LogP contribution in [0, 0.1) is 5.41 Å². The zero-order chi connectivity index (χ0) is 14.0. The standard InChI is InChI=1S/C14H30N2O2/c1-5-12(4)16-13(18)8-9-15-10-14(6-2,7-3)11-17/h12,15,17H,5-11H2,1-4H3,(H,16,18). The summed E-state index contributed by atoms with van der Waals surface area (Å²) in [4.78, 5) is 11.5. The molecule has 0 radical (unpaired) electrons. The van der Waals surface area contributed by atoms with Gasteiger partial charge < -0.3 is 15.7 Å². The highest BCUT2D eigenvalue weighted by Gasteiger charge is 2.24. The Morgan fingerprint density at radius 1 is 1.28 bits per heavy atom. The van der Waals surface area contributed by atoms with Crippen molar-refractivity contribution in [2.24, 2.45) is 5.41 Å². The largest absolute Gasteiger partial charge is 0.396 e. The summed E-state index contributed by atoms with van der Waals surface area (Å²) in [6.07, 6.45) is 3.36. The molecule has 0 fully saturated rings. The highest BCUT2D eigenvalue weighted by Crippen LogP contribution is 2.24. The maximum Gasteiger partial charge on any atom is 0.221 e. The maximum atomic E-state index is 11.5. The fourth-order valence-electron chi connectivity index (χ4n) is 1.78. The maximum absolute atomic E-state index is 11.5. The molecule has 1 unspecified atom stereocenters. The SMILES string of the molecule is CCC(C)NC(=O)CCNCC(CC)(CC)CO. The summed E-state index contributed by atoms with van der Waals surface area (Å²) >= 11 is 0. The van der Waals surface area contributed by atoms with Crippen LogP contribution in [-0.4, -0.2) is 36.8 Å². The molecular formula is C14H30N2O2. The molecule has 0 bridgehead atoms. The Kier molecular flexibility index (Phi) is 9.02. The van der Waals surface area contributed by atoms with Crippen LogP contribution in [0.1, 0.15) is 53.4 Å². The van der Waals surface area contributed by atoms with Crippen LogP contribution in [0.4, 0.5) is 0 Å². The van der Waals surface area contributed by atoms with E-state index in [0.29, 0.717) is 13.0 Å². The predicted octanol–water partition coefficient (Wildman–Crippen LogP) is 1.68. The molecule has 0 saturated carbocycles. The quantitative estimate of drug-likeness (QED) is 0.522. The lowest BCUT2D eigenvalue weighted by molar-refractivity contribution is -0.121. The summed E-state index contributed by atoms with van der Waals surface area (Å²) in [6, 6.07) is 0.250. The smallest absolute Gasteiger partial charge is 0.221 e.